The zero-order chi connectivity index (χ0) is 13.8. The Labute approximate surface area is 112 Å². The quantitative estimate of drug-likeness (QED) is 0.886. The van der Waals surface area contributed by atoms with Crippen LogP contribution in [-0.4, -0.2) is 32.1 Å². The van der Waals surface area contributed by atoms with E-state index < -0.39 is 6.04 Å². The van der Waals surface area contributed by atoms with Gasteiger partial charge < -0.3 is 15.0 Å². The number of nitrogens with one attached hydrogen (secondary N) is 1. The molecule has 19 heavy (non-hydrogen) atoms. The van der Waals surface area contributed by atoms with E-state index in [9.17, 15) is 4.79 Å². The molecule has 5 nitrogen and oxygen atoms in total. The fourth-order valence-corrected chi connectivity index (χ4v) is 2.24. The van der Waals surface area contributed by atoms with Crippen LogP contribution in [0.2, 0.25) is 0 Å². The molecule has 1 amide bonds. The molecule has 0 aromatic heterocycles. The summed E-state index contributed by atoms with van der Waals surface area (Å²) in [6, 6.07) is 7.35. The van der Waals surface area contributed by atoms with Crippen LogP contribution in [0.25, 0.3) is 0 Å². The van der Waals surface area contributed by atoms with E-state index in [0.717, 1.165) is 11.3 Å². The van der Waals surface area contributed by atoms with E-state index in [2.05, 4.69) is 5.32 Å². The molecule has 1 aliphatic rings. The molecule has 1 N–H and O–H groups in total. The molecule has 1 fully saturated rings. The summed E-state index contributed by atoms with van der Waals surface area (Å²) in [6.07, 6.45) is 0.184. The lowest BCUT2D eigenvalue weighted by molar-refractivity contribution is -0.121. The normalized spacial score (nSPS) is 19.1. The lowest BCUT2D eigenvalue weighted by Gasteiger charge is -2.33. The third-order valence-electron chi connectivity index (χ3n) is 3.21. The largest absolute Gasteiger partial charge is 0.495 e. The summed E-state index contributed by atoms with van der Waals surface area (Å²) in [6.45, 7) is 3.23. The molecule has 0 spiro atoms. The number of nitrogens with zero attached hydrogens (tertiary/aromatic N) is 2. The Morgan fingerprint density at radius 1 is 1.58 bits per heavy atom. The van der Waals surface area contributed by atoms with Gasteiger partial charge in [-0.1, -0.05) is 6.07 Å². The van der Waals surface area contributed by atoms with Gasteiger partial charge in [0.25, 0.3) is 0 Å². The van der Waals surface area contributed by atoms with Crippen LogP contribution in [0, 0.1) is 18.3 Å². The highest BCUT2D eigenvalue weighted by molar-refractivity contribution is 5.99. The average Bonchev–Trinajstić information content (AvgIpc) is 2.41. The lowest BCUT2D eigenvalue weighted by Crippen LogP contribution is -2.55. The summed E-state index contributed by atoms with van der Waals surface area (Å²) < 4.78 is 5.32. The van der Waals surface area contributed by atoms with Gasteiger partial charge in [0.2, 0.25) is 5.91 Å². The smallest absolute Gasteiger partial charge is 0.245 e. The monoisotopic (exact) mass is 259 g/mol. The minimum Gasteiger partial charge on any atom is -0.495 e. The van der Waals surface area contributed by atoms with E-state index in [4.69, 9.17) is 10.00 Å². The van der Waals surface area contributed by atoms with E-state index >= 15 is 0 Å². The van der Waals surface area contributed by atoms with Crippen LogP contribution in [0.1, 0.15) is 12.0 Å². The van der Waals surface area contributed by atoms with E-state index in [0.29, 0.717) is 18.8 Å². The lowest BCUT2D eigenvalue weighted by atomic mass is 10.1. The van der Waals surface area contributed by atoms with Crippen molar-refractivity contribution in [2.24, 2.45) is 0 Å². The van der Waals surface area contributed by atoms with Crippen molar-refractivity contribution in [3.8, 4) is 11.8 Å². The Balaban J connectivity index is 2.33. The molecular formula is C14H17N3O2. The Bertz CT molecular complexity index is 522. The highest BCUT2D eigenvalue weighted by atomic mass is 16.5. The zero-order valence-electron chi connectivity index (χ0n) is 11.1. The molecule has 1 aromatic rings. The molecule has 1 unspecified atom stereocenters. The van der Waals surface area contributed by atoms with Crippen molar-refractivity contribution >= 4 is 11.6 Å². The van der Waals surface area contributed by atoms with E-state index in [1.165, 1.54) is 0 Å². The van der Waals surface area contributed by atoms with Gasteiger partial charge in [0.15, 0.2) is 0 Å². The first-order valence-electron chi connectivity index (χ1n) is 6.23. The first-order chi connectivity index (χ1) is 9.17. The van der Waals surface area contributed by atoms with Gasteiger partial charge in [-0.05, 0) is 24.6 Å². The molecule has 0 radical (unpaired) electrons. The SMILES string of the molecule is COc1ccc(C)cc1N1CCNC(CC#N)C1=O. The van der Waals surface area contributed by atoms with Gasteiger partial charge in [0.05, 0.1) is 25.3 Å². The van der Waals surface area contributed by atoms with E-state index in [-0.39, 0.29) is 12.3 Å². The number of methoxy groups -OCH3 is 1. The number of aryl methyl sites for hydroxylation is 1. The Kier molecular flexibility index (Phi) is 4.03. The molecule has 1 atom stereocenters. The van der Waals surface area contributed by atoms with Crippen LogP contribution in [-0.2, 0) is 4.79 Å². The van der Waals surface area contributed by atoms with Crippen molar-refractivity contribution in [2.75, 3.05) is 25.1 Å². The number of benzene rings is 1. The van der Waals surface area contributed by atoms with Crippen molar-refractivity contribution in [3.05, 3.63) is 23.8 Å². The molecule has 5 heteroatoms. The summed E-state index contributed by atoms with van der Waals surface area (Å²) in [5.74, 6) is 0.605. The number of anilines is 1. The van der Waals surface area contributed by atoms with Crippen LogP contribution in [0.3, 0.4) is 0 Å². The fourth-order valence-electron chi connectivity index (χ4n) is 2.24. The average molecular weight is 259 g/mol. The fraction of sp³-hybridized carbons (Fsp3) is 0.429. The molecule has 1 aromatic carbocycles. The number of hydrogen-bond acceptors (Lipinski definition) is 4. The van der Waals surface area contributed by atoms with Gasteiger partial charge in [-0.25, -0.2) is 0 Å². The zero-order valence-corrected chi connectivity index (χ0v) is 11.1. The Hall–Kier alpha value is -2.06. The predicted octanol–water partition coefficient (Wildman–Crippen LogP) is 1.22. The molecular weight excluding hydrogens is 242 g/mol. The standard InChI is InChI=1S/C14H17N3O2/c1-10-3-4-13(19-2)12(9-10)17-8-7-16-11(5-6-15)14(17)18/h3-4,9,11,16H,5,7-8H2,1-2H3. The van der Waals surface area contributed by atoms with Gasteiger partial charge in [0.1, 0.15) is 11.8 Å². The van der Waals surface area contributed by atoms with E-state index in [1.54, 1.807) is 12.0 Å². The number of ether oxygens (including phenoxy) is 1. The second kappa shape index (κ2) is 5.72. The highest BCUT2D eigenvalue weighted by Gasteiger charge is 2.30. The van der Waals surface area contributed by atoms with Gasteiger partial charge >= 0.3 is 0 Å². The molecule has 1 saturated heterocycles. The minimum atomic E-state index is -0.427. The number of carbonyl (C=O) groups excluding carboxylic acids is 1. The number of amides is 1. The summed E-state index contributed by atoms with van der Waals surface area (Å²) in [4.78, 5) is 14.1. The van der Waals surface area contributed by atoms with Gasteiger partial charge in [-0.2, -0.15) is 5.26 Å². The second-order valence-electron chi connectivity index (χ2n) is 4.53. The van der Waals surface area contributed by atoms with Crippen molar-refractivity contribution in [1.29, 1.82) is 5.26 Å². The number of nitriles is 1. The van der Waals surface area contributed by atoms with E-state index in [1.807, 2.05) is 31.2 Å². The highest BCUT2D eigenvalue weighted by Crippen LogP contribution is 2.30. The molecule has 2 rings (SSSR count). The first kappa shape index (κ1) is 13.4. The van der Waals surface area contributed by atoms with Gasteiger partial charge in [-0.3, -0.25) is 4.79 Å². The maximum atomic E-state index is 12.4. The summed E-state index contributed by atoms with van der Waals surface area (Å²) in [7, 11) is 1.59. The maximum Gasteiger partial charge on any atom is 0.245 e. The van der Waals surface area contributed by atoms with Crippen LogP contribution >= 0.6 is 0 Å². The van der Waals surface area contributed by atoms with Crippen LogP contribution in [0.15, 0.2) is 18.2 Å². The summed E-state index contributed by atoms with van der Waals surface area (Å²) in [5.41, 5.74) is 1.84. The molecule has 0 bridgehead atoms. The molecule has 0 saturated carbocycles. The third-order valence-corrected chi connectivity index (χ3v) is 3.21. The predicted molar refractivity (Wildman–Crippen MR) is 72.1 cm³/mol. The number of carbonyl (C=O) groups is 1. The number of rotatable bonds is 3. The molecule has 1 heterocycles. The van der Waals surface area contributed by atoms with Gasteiger partial charge in [0, 0.05) is 13.1 Å². The molecule has 100 valence electrons. The van der Waals surface area contributed by atoms with Crippen LogP contribution < -0.4 is 15.0 Å². The Morgan fingerprint density at radius 2 is 2.37 bits per heavy atom. The van der Waals surface area contributed by atoms with Crippen LogP contribution in [0.4, 0.5) is 5.69 Å². The van der Waals surface area contributed by atoms with Crippen LogP contribution in [0.5, 0.6) is 5.75 Å². The minimum absolute atomic E-state index is 0.0725. The second-order valence-corrected chi connectivity index (χ2v) is 4.53. The topological polar surface area (TPSA) is 65.4 Å². The third kappa shape index (κ3) is 2.69. The number of piperazine rings is 1. The molecule has 0 aliphatic carbocycles. The summed E-state index contributed by atoms with van der Waals surface area (Å²) >= 11 is 0. The van der Waals surface area contributed by atoms with Crippen molar-refractivity contribution in [3.63, 3.8) is 0 Å². The van der Waals surface area contributed by atoms with Crippen molar-refractivity contribution < 1.29 is 9.53 Å². The summed E-state index contributed by atoms with van der Waals surface area (Å²) in [5, 5.41) is 11.8. The van der Waals surface area contributed by atoms with Gasteiger partial charge in [-0.15, -0.1) is 0 Å². The first-order valence-corrected chi connectivity index (χ1v) is 6.23. The van der Waals surface area contributed by atoms with Crippen molar-refractivity contribution in [1.82, 2.24) is 5.32 Å². The maximum absolute atomic E-state index is 12.4. The number of hydrogen-bond donors (Lipinski definition) is 1. The van der Waals surface area contributed by atoms with Crippen molar-refractivity contribution in [2.45, 2.75) is 19.4 Å². The molecule has 1 aliphatic heterocycles. The Morgan fingerprint density at radius 3 is 3.05 bits per heavy atom.